The van der Waals surface area contributed by atoms with Crippen LogP contribution in [0.3, 0.4) is 0 Å². The van der Waals surface area contributed by atoms with Crippen LogP contribution in [0.25, 0.3) is 0 Å². The number of anilines is 1. The maximum Gasteiger partial charge on any atom is 0.322 e. The number of nitrogens with zero attached hydrogens (tertiary/aromatic N) is 2. The third-order valence-corrected chi connectivity index (χ3v) is 6.90. The Bertz CT molecular complexity index is 1100. The van der Waals surface area contributed by atoms with Gasteiger partial charge in [0.2, 0.25) is 5.91 Å². The molecule has 0 aliphatic carbocycles. The first-order valence-electron chi connectivity index (χ1n) is 11.3. The van der Waals surface area contributed by atoms with Crippen LogP contribution in [-0.4, -0.2) is 48.5 Å². The molecule has 0 radical (unpaired) electrons. The first kappa shape index (κ1) is 25.5. The first-order valence-corrected chi connectivity index (χ1v) is 12.2. The fourth-order valence-electron chi connectivity index (χ4n) is 3.57. The molecule has 0 spiro atoms. The van der Waals surface area contributed by atoms with Gasteiger partial charge in [0, 0.05) is 30.8 Å². The van der Waals surface area contributed by atoms with Gasteiger partial charge in [-0.1, -0.05) is 42.5 Å². The van der Waals surface area contributed by atoms with Crippen LogP contribution in [0.1, 0.15) is 27.1 Å². The number of benzene rings is 2. The molecule has 3 rings (SSSR count). The average Bonchev–Trinajstić information content (AvgIpc) is 3.24. The highest BCUT2D eigenvalue weighted by Gasteiger charge is 2.23. The highest BCUT2D eigenvalue weighted by molar-refractivity contribution is 7.10. The second-order valence-electron chi connectivity index (χ2n) is 8.35. The van der Waals surface area contributed by atoms with Crippen LogP contribution < -0.4 is 5.32 Å². The number of amides is 3. The van der Waals surface area contributed by atoms with E-state index in [9.17, 15) is 9.59 Å². The Labute approximate surface area is 206 Å². The standard InChI is InChI=1S/C27H33N3O3S/c1-20-9-8-12-24(22(20)3)28-27(32)29(14-15-33-4)19-26(31)30(17-23-10-6-5-7-11-23)18-25-21(2)13-16-34-25/h5-13,16H,14-15,17-19H2,1-4H3,(H,28,32). The lowest BCUT2D eigenvalue weighted by atomic mass is 10.1. The summed E-state index contributed by atoms with van der Waals surface area (Å²) >= 11 is 1.64. The molecule has 7 heteroatoms. The van der Waals surface area contributed by atoms with E-state index in [4.69, 9.17) is 4.74 Å². The average molecular weight is 480 g/mol. The van der Waals surface area contributed by atoms with Crippen LogP contribution in [0.15, 0.2) is 60.0 Å². The van der Waals surface area contributed by atoms with Crippen molar-refractivity contribution in [1.29, 1.82) is 0 Å². The molecule has 2 aromatic carbocycles. The van der Waals surface area contributed by atoms with Crippen LogP contribution in [-0.2, 0) is 22.6 Å². The van der Waals surface area contributed by atoms with E-state index in [1.807, 2.05) is 72.7 Å². The lowest BCUT2D eigenvalue weighted by Crippen LogP contribution is -2.45. The van der Waals surface area contributed by atoms with Crippen molar-refractivity contribution in [2.24, 2.45) is 0 Å². The van der Waals surface area contributed by atoms with Crippen molar-refractivity contribution >= 4 is 29.0 Å². The number of ether oxygens (including phenoxy) is 1. The zero-order valence-electron chi connectivity index (χ0n) is 20.3. The predicted molar refractivity (Wildman–Crippen MR) is 138 cm³/mol. The van der Waals surface area contributed by atoms with Gasteiger partial charge in [0.25, 0.3) is 0 Å². The summed E-state index contributed by atoms with van der Waals surface area (Å²) in [6.07, 6.45) is 0. The van der Waals surface area contributed by atoms with E-state index in [0.717, 1.165) is 27.3 Å². The topological polar surface area (TPSA) is 61.9 Å². The van der Waals surface area contributed by atoms with Crippen LogP contribution in [0.5, 0.6) is 0 Å². The lowest BCUT2D eigenvalue weighted by molar-refractivity contribution is -0.133. The van der Waals surface area contributed by atoms with E-state index in [0.29, 0.717) is 26.2 Å². The summed E-state index contributed by atoms with van der Waals surface area (Å²) < 4.78 is 5.21. The first-order chi connectivity index (χ1) is 16.4. The SMILES string of the molecule is COCCN(CC(=O)N(Cc1ccccc1)Cc1sccc1C)C(=O)Nc1cccc(C)c1C. The van der Waals surface area contributed by atoms with E-state index in [2.05, 4.69) is 18.3 Å². The Kier molecular flexibility index (Phi) is 9.24. The van der Waals surface area contributed by atoms with E-state index in [-0.39, 0.29) is 18.5 Å². The molecule has 0 saturated carbocycles. The fraction of sp³-hybridized carbons (Fsp3) is 0.333. The van der Waals surface area contributed by atoms with Gasteiger partial charge in [0.1, 0.15) is 6.54 Å². The third-order valence-electron chi connectivity index (χ3n) is 5.90. The Hall–Kier alpha value is -3.16. The Morgan fingerprint density at radius 1 is 0.912 bits per heavy atom. The number of thiophene rings is 1. The third kappa shape index (κ3) is 6.92. The molecular formula is C27H33N3O3S. The Morgan fingerprint density at radius 2 is 1.68 bits per heavy atom. The van der Waals surface area contributed by atoms with Crippen LogP contribution in [0, 0.1) is 20.8 Å². The molecule has 0 saturated heterocycles. The monoisotopic (exact) mass is 479 g/mol. The number of carbonyl (C=O) groups is 2. The van der Waals surface area contributed by atoms with Gasteiger partial charge in [-0.2, -0.15) is 0 Å². The summed E-state index contributed by atoms with van der Waals surface area (Å²) in [4.78, 5) is 31.2. The molecule has 0 atom stereocenters. The van der Waals surface area contributed by atoms with Crippen molar-refractivity contribution in [3.8, 4) is 0 Å². The summed E-state index contributed by atoms with van der Waals surface area (Å²) in [6.45, 7) is 7.65. The minimum absolute atomic E-state index is 0.0304. The number of carbonyl (C=O) groups excluding carboxylic acids is 2. The molecule has 0 unspecified atom stereocenters. The summed E-state index contributed by atoms with van der Waals surface area (Å²) in [6, 6.07) is 17.5. The van der Waals surface area contributed by atoms with Crippen molar-refractivity contribution in [2.45, 2.75) is 33.9 Å². The minimum atomic E-state index is -0.314. The molecule has 3 aromatic rings. The van der Waals surface area contributed by atoms with E-state index in [1.165, 1.54) is 10.5 Å². The maximum atomic E-state index is 13.5. The summed E-state index contributed by atoms with van der Waals surface area (Å²) in [5, 5.41) is 5.01. The number of methoxy groups -OCH3 is 1. The van der Waals surface area contributed by atoms with Gasteiger partial charge >= 0.3 is 6.03 Å². The second-order valence-corrected chi connectivity index (χ2v) is 9.35. The van der Waals surface area contributed by atoms with E-state index >= 15 is 0 Å². The Morgan fingerprint density at radius 3 is 2.35 bits per heavy atom. The molecule has 1 heterocycles. The largest absolute Gasteiger partial charge is 0.383 e. The number of rotatable bonds is 10. The molecule has 34 heavy (non-hydrogen) atoms. The molecule has 0 aliphatic rings. The molecule has 0 bridgehead atoms. The molecule has 180 valence electrons. The summed E-state index contributed by atoms with van der Waals surface area (Å²) in [5.74, 6) is -0.108. The van der Waals surface area contributed by atoms with Crippen LogP contribution >= 0.6 is 11.3 Å². The number of urea groups is 1. The van der Waals surface area contributed by atoms with Gasteiger partial charge < -0.3 is 19.9 Å². The molecule has 6 nitrogen and oxygen atoms in total. The molecule has 1 N–H and O–H groups in total. The van der Waals surface area contributed by atoms with Gasteiger partial charge in [0.05, 0.1) is 13.2 Å². The molecule has 0 aliphatic heterocycles. The van der Waals surface area contributed by atoms with Crippen LogP contribution in [0.4, 0.5) is 10.5 Å². The second kappa shape index (κ2) is 12.3. The maximum absolute atomic E-state index is 13.5. The van der Waals surface area contributed by atoms with E-state index in [1.54, 1.807) is 18.4 Å². The van der Waals surface area contributed by atoms with Gasteiger partial charge in [-0.05, 0) is 60.5 Å². The Balaban J connectivity index is 1.78. The van der Waals surface area contributed by atoms with Gasteiger partial charge in [-0.15, -0.1) is 11.3 Å². The minimum Gasteiger partial charge on any atom is -0.383 e. The summed E-state index contributed by atoms with van der Waals surface area (Å²) in [5.41, 5.74) is 5.06. The van der Waals surface area contributed by atoms with Crippen molar-refractivity contribution in [3.05, 3.63) is 87.1 Å². The highest BCUT2D eigenvalue weighted by atomic mass is 32.1. The van der Waals surface area contributed by atoms with Crippen molar-refractivity contribution in [1.82, 2.24) is 9.80 Å². The molecule has 0 fully saturated rings. The van der Waals surface area contributed by atoms with Crippen molar-refractivity contribution in [2.75, 3.05) is 32.1 Å². The molecule has 1 aromatic heterocycles. The number of hydrogen-bond donors (Lipinski definition) is 1. The van der Waals surface area contributed by atoms with Crippen LogP contribution in [0.2, 0.25) is 0 Å². The number of hydrogen-bond acceptors (Lipinski definition) is 4. The number of aryl methyl sites for hydroxylation is 2. The quantitative estimate of drug-likeness (QED) is 0.425. The fourth-order valence-corrected chi connectivity index (χ4v) is 4.49. The van der Waals surface area contributed by atoms with Crippen molar-refractivity contribution in [3.63, 3.8) is 0 Å². The van der Waals surface area contributed by atoms with Crippen molar-refractivity contribution < 1.29 is 14.3 Å². The highest BCUT2D eigenvalue weighted by Crippen LogP contribution is 2.21. The van der Waals surface area contributed by atoms with E-state index < -0.39 is 0 Å². The zero-order chi connectivity index (χ0) is 24.5. The number of nitrogens with one attached hydrogen (secondary N) is 1. The normalized spacial score (nSPS) is 10.7. The lowest BCUT2D eigenvalue weighted by Gasteiger charge is -2.28. The zero-order valence-corrected chi connectivity index (χ0v) is 21.2. The molecular weight excluding hydrogens is 446 g/mol. The van der Waals surface area contributed by atoms with Gasteiger partial charge in [-0.25, -0.2) is 4.79 Å². The van der Waals surface area contributed by atoms with Gasteiger partial charge in [-0.3, -0.25) is 4.79 Å². The predicted octanol–water partition coefficient (Wildman–Crippen LogP) is 5.38. The summed E-state index contributed by atoms with van der Waals surface area (Å²) in [7, 11) is 1.59. The van der Waals surface area contributed by atoms with Gasteiger partial charge in [0.15, 0.2) is 0 Å². The smallest absolute Gasteiger partial charge is 0.322 e. The molecule has 3 amide bonds.